The Labute approximate surface area is 120 Å². The van der Waals surface area contributed by atoms with Crippen LogP contribution in [0.5, 0.6) is 5.75 Å². The number of carbonyl (C=O) groups is 1. The van der Waals surface area contributed by atoms with Crippen molar-refractivity contribution in [3.8, 4) is 17.0 Å². The molecule has 5 nitrogen and oxygen atoms in total. The summed E-state index contributed by atoms with van der Waals surface area (Å²) in [4.78, 5) is 10.7. The molecule has 0 saturated carbocycles. The fourth-order valence-electron chi connectivity index (χ4n) is 1.34. The van der Waals surface area contributed by atoms with Crippen molar-refractivity contribution in [3.63, 3.8) is 0 Å². The van der Waals surface area contributed by atoms with Gasteiger partial charge in [0, 0.05) is 5.56 Å². The van der Waals surface area contributed by atoms with Crippen LogP contribution >= 0.6 is 0 Å². The molecule has 0 spiro atoms. The second kappa shape index (κ2) is 5.86. The molecule has 0 saturated heterocycles. The van der Waals surface area contributed by atoms with Gasteiger partial charge in [-0.15, -0.1) is 0 Å². The fraction of sp³-hybridized carbons (Fsp3) is 0.0909. The number of aromatic carboxylic acids is 1. The van der Waals surface area contributed by atoms with Crippen molar-refractivity contribution < 1.29 is 48.7 Å². The van der Waals surface area contributed by atoms with E-state index in [2.05, 4.69) is 9.68 Å². The Hall–Kier alpha value is -1.30. The van der Waals surface area contributed by atoms with Crippen LogP contribution in [0.1, 0.15) is 10.4 Å². The summed E-state index contributed by atoms with van der Waals surface area (Å²) < 4.78 is 9.61. The molecule has 0 aliphatic carbocycles. The fourth-order valence-corrected chi connectivity index (χ4v) is 1.34. The van der Waals surface area contributed by atoms with Crippen LogP contribution in [0.3, 0.4) is 0 Å². The number of ether oxygens (including phenoxy) is 1. The number of methoxy groups -OCH3 is 1. The maximum Gasteiger partial charge on any atom is 1.00 e. The number of hydrogen-bond donors (Lipinski definition) is 0. The van der Waals surface area contributed by atoms with Crippen molar-refractivity contribution >= 4 is 5.97 Å². The summed E-state index contributed by atoms with van der Waals surface area (Å²) in [5.74, 6) is -0.630. The molecule has 0 N–H and O–H groups in total. The molecular weight excluding hydrogens is 233 g/mol. The van der Waals surface area contributed by atoms with E-state index in [1.807, 2.05) is 0 Å². The molecule has 0 atom stereocenters. The van der Waals surface area contributed by atoms with E-state index in [0.717, 1.165) is 6.26 Å². The number of carboxylic acid groups (broad SMARTS) is 1. The molecule has 0 fully saturated rings. The Bertz CT molecular complexity index is 506. The largest absolute Gasteiger partial charge is 1.00 e. The second-order valence-electron chi connectivity index (χ2n) is 3.09. The van der Waals surface area contributed by atoms with E-state index < -0.39 is 5.97 Å². The number of nitrogens with zero attached hydrogens (tertiary/aromatic N) is 1. The summed E-state index contributed by atoms with van der Waals surface area (Å²) in [5.41, 5.74) is 0.821. The molecule has 6 heteroatoms. The molecule has 1 aromatic heterocycles. The first kappa shape index (κ1) is 13.8. The van der Waals surface area contributed by atoms with Gasteiger partial charge in [-0.2, -0.15) is 0 Å². The normalized spacial score (nSPS) is 9.47. The average Bonchev–Trinajstić information content (AvgIpc) is 2.78. The Morgan fingerprint density at radius 1 is 1.35 bits per heavy atom. The molecule has 0 amide bonds. The third kappa shape index (κ3) is 2.88. The Kier molecular flexibility index (Phi) is 4.74. The first-order chi connectivity index (χ1) is 7.72. The van der Waals surface area contributed by atoms with Gasteiger partial charge in [-0.25, -0.2) is 0 Å². The molecule has 0 bridgehead atoms. The molecule has 1 aromatic carbocycles. The van der Waals surface area contributed by atoms with Gasteiger partial charge in [0.05, 0.1) is 18.6 Å². The van der Waals surface area contributed by atoms with Crippen LogP contribution in [0.4, 0.5) is 0 Å². The summed E-state index contributed by atoms with van der Waals surface area (Å²) in [6, 6.07) is 6.82. The van der Waals surface area contributed by atoms with E-state index in [1.165, 1.54) is 0 Å². The topological polar surface area (TPSA) is 75.4 Å². The van der Waals surface area contributed by atoms with Gasteiger partial charge in [-0.05, 0) is 24.3 Å². The van der Waals surface area contributed by atoms with Gasteiger partial charge in [0.1, 0.15) is 17.7 Å². The second-order valence-corrected chi connectivity index (χ2v) is 3.09. The molecule has 2 aromatic rings. The molecule has 82 valence electrons. The zero-order valence-electron chi connectivity index (χ0n) is 9.47. The summed E-state index contributed by atoms with van der Waals surface area (Å²) in [7, 11) is 1.55. The monoisotopic (exact) mass is 241 g/mol. The van der Waals surface area contributed by atoms with Crippen LogP contribution in [-0.4, -0.2) is 18.2 Å². The van der Waals surface area contributed by atoms with Crippen LogP contribution in [-0.2, 0) is 0 Å². The molecular formula is C11H8NNaO4. The average molecular weight is 241 g/mol. The predicted octanol–water partition coefficient (Wildman–Crippen LogP) is -2.28. The predicted molar refractivity (Wildman–Crippen MR) is 52.8 cm³/mol. The van der Waals surface area contributed by atoms with E-state index in [-0.39, 0.29) is 40.8 Å². The smallest absolute Gasteiger partial charge is 0.545 e. The first-order valence-electron chi connectivity index (χ1n) is 4.52. The zero-order valence-corrected chi connectivity index (χ0v) is 11.5. The summed E-state index contributed by atoms with van der Waals surface area (Å²) in [5, 5.41) is 14.4. The van der Waals surface area contributed by atoms with E-state index in [4.69, 9.17) is 4.74 Å². The molecule has 1 heterocycles. The molecule has 2 rings (SSSR count). The van der Waals surface area contributed by atoms with Crippen LogP contribution in [0, 0.1) is 0 Å². The number of rotatable bonds is 3. The van der Waals surface area contributed by atoms with Gasteiger partial charge in [-0.3, -0.25) is 0 Å². The van der Waals surface area contributed by atoms with Crippen LogP contribution < -0.4 is 39.4 Å². The van der Waals surface area contributed by atoms with E-state index in [1.54, 1.807) is 31.4 Å². The van der Waals surface area contributed by atoms with E-state index in [9.17, 15) is 9.90 Å². The standard InChI is InChI=1S/C11H9NO4.Na/c1-15-8-4-2-7(3-5-8)10-9(11(13)14)6-16-12-10;/h2-6H,1H3,(H,13,14);/q;+1/p-1. The number of aromatic nitrogens is 1. The molecule has 0 aliphatic rings. The van der Waals surface area contributed by atoms with Crippen LogP contribution in [0.2, 0.25) is 0 Å². The van der Waals surface area contributed by atoms with Gasteiger partial charge >= 0.3 is 29.6 Å². The van der Waals surface area contributed by atoms with E-state index >= 15 is 0 Å². The number of hydrogen-bond acceptors (Lipinski definition) is 5. The van der Waals surface area contributed by atoms with Gasteiger partial charge in [0.2, 0.25) is 0 Å². The third-order valence-corrected chi connectivity index (χ3v) is 2.15. The number of carboxylic acids is 1. The number of carbonyl (C=O) groups excluding carboxylic acids is 1. The van der Waals surface area contributed by atoms with Gasteiger partial charge in [-0.1, -0.05) is 5.16 Å². The Morgan fingerprint density at radius 3 is 2.53 bits per heavy atom. The SMILES string of the molecule is COc1ccc(-c2nocc2C(=O)[O-])cc1.[Na+]. The van der Waals surface area contributed by atoms with Crippen LogP contribution in [0.25, 0.3) is 11.3 Å². The summed E-state index contributed by atoms with van der Waals surface area (Å²) in [6.07, 6.45) is 1.05. The Morgan fingerprint density at radius 2 is 2.00 bits per heavy atom. The Balaban J connectivity index is 0.00000144. The quantitative estimate of drug-likeness (QED) is 0.566. The maximum atomic E-state index is 10.7. The third-order valence-electron chi connectivity index (χ3n) is 2.15. The zero-order chi connectivity index (χ0) is 11.5. The van der Waals surface area contributed by atoms with Gasteiger partial charge in [0.25, 0.3) is 0 Å². The minimum absolute atomic E-state index is 0. The number of benzene rings is 1. The minimum atomic E-state index is -1.31. The van der Waals surface area contributed by atoms with Gasteiger partial charge < -0.3 is 19.2 Å². The molecule has 17 heavy (non-hydrogen) atoms. The van der Waals surface area contributed by atoms with E-state index in [0.29, 0.717) is 11.3 Å². The molecule has 0 aliphatic heterocycles. The van der Waals surface area contributed by atoms with Crippen molar-refractivity contribution in [2.24, 2.45) is 0 Å². The first-order valence-corrected chi connectivity index (χ1v) is 4.52. The van der Waals surface area contributed by atoms with Crippen molar-refractivity contribution in [2.75, 3.05) is 7.11 Å². The summed E-state index contributed by atoms with van der Waals surface area (Å²) in [6.45, 7) is 0. The van der Waals surface area contributed by atoms with Crippen molar-refractivity contribution in [1.29, 1.82) is 0 Å². The minimum Gasteiger partial charge on any atom is -0.545 e. The van der Waals surface area contributed by atoms with Crippen molar-refractivity contribution in [2.45, 2.75) is 0 Å². The maximum absolute atomic E-state index is 10.7. The molecule has 0 unspecified atom stereocenters. The van der Waals surface area contributed by atoms with Gasteiger partial charge in [0.15, 0.2) is 0 Å². The van der Waals surface area contributed by atoms with Crippen LogP contribution in [0.15, 0.2) is 35.1 Å². The van der Waals surface area contributed by atoms with Crippen molar-refractivity contribution in [3.05, 3.63) is 36.1 Å². The summed E-state index contributed by atoms with van der Waals surface area (Å²) >= 11 is 0. The molecule has 0 radical (unpaired) electrons. The van der Waals surface area contributed by atoms with Crippen molar-refractivity contribution in [1.82, 2.24) is 5.16 Å².